The highest BCUT2D eigenvalue weighted by atomic mass is 35.5. The van der Waals surface area contributed by atoms with E-state index in [0.717, 1.165) is 10.4 Å². The summed E-state index contributed by atoms with van der Waals surface area (Å²) in [7, 11) is 0. The van der Waals surface area contributed by atoms with Gasteiger partial charge in [0.1, 0.15) is 17.2 Å². The van der Waals surface area contributed by atoms with Crippen LogP contribution in [0.4, 0.5) is 0 Å². The topological polar surface area (TPSA) is 46.5 Å². The number of halogens is 1. The molecule has 0 fully saturated rings. The molecule has 0 unspecified atom stereocenters. The quantitative estimate of drug-likeness (QED) is 0.922. The molecule has 0 saturated carbocycles. The second kappa shape index (κ2) is 5.42. The van der Waals surface area contributed by atoms with Crippen molar-refractivity contribution < 1.29 is 14.6 Å². The highest BCUT2D eigenvalue weighted by Crippen LogP contribution is 2.27. The third kappa shape index (κ3) is 3.03. The van der Waals surface area contributed by atoms with Crippen LogP contribution in [0.25, 0.3) is 0 Å². The van der Waals surface area contributed by atoms with Gasteiger partial charge in [0, 0.05) is 4.88 Å². The average Bonchev–Trinajstić information content (AvgIpc) is 2.76. The molecule has 1 N–H and O–H groups in total. The molecule has 0 saturated heterocycles. The molecule has 3 nitrogen and oxygen atoms in total. The Bertz CT molecular complexity index is 577. The predicted molar refractivity (Wildman–Crippen MR) is 71.8 cm³/mol. The largest absolute Gasteiger partial charge is 0.487 e. The normalized spacial score (nSPS) is 10.3. The van der Waals surface area contributed by atoms with E-state index in [1.165, 1.54) is 11.3 Å². The van der Waals surface area contributed by atoms with Crippen molar-refractivity contribution in [1.29, 1.82) is 0 Å². The number of carbonyl (C=O) groups is 1. The van der Waals surface area contributed by atoms with Crippen LogP contribution in [0.1, 0.15) is 20.1 Å². The lowest BCUT2D eigenvalue weighted by molar-refractivity contribution is 0.0702. The average molecular weight is 283 g/mol. The molecule has 5 heteroatoms. The number of rotatable bonds is 4. The van der Waals surface area contributed by atoms with Crippen LogP contribution in [-0.4, -0.2) is 11.1 Å². The summed E-state index contributed by atoms with van der Waals surface area (Å²) in [5.74, 6) is -0.313. The van der Waals surface area contributed by atoms with Crippen molar-refractivity contribution in [2.45, 2.75) is 13.5 Å². The van der Waals surface area contributed by atoms with E-state index in [4.69, 9.17) is 21.4 Å². The smallest absolute Gasteiger partial charge is 0.345 e. The lowest BCUT2D eigenvalue weighted by Crippen LogP contribution is -1.94. The van der Waals surface area contributed by atoms with Gasteiger partial charge in [0.25, 0.3) is 0 Å². The second-order valence-corrected chi connectivity index (χ2v) is 5.37. The van der Waals surface area contributed by atoms with E-state index < -0.39 is 5.97 Å². The minimum absolute atomic E-state index is 0.309. The summed E-state index contributed by atoms with van der Waals surface area (Å²) in [5, 5.41) is 9.37. The molecule has 1 heterocycles. The van der Waals surface area contributed by atoms with Gasteiger partial charge in [-0.05, 0) is 36.8 Å². The van der Waals surface area contributed by atoms with E-state index in [1.807, 2.05) is 25.1 Å². The number of carboxylic acids is 1. The van der Waals surface area contributed by atoms with Crippen LogP contribution in [-0.2, 0) is 6.61 Å². The molecule has 0 aliphatic carbocycles. The second-order valence-electron chi connectivity index (χ2n) is 3.79. The van der Waals surface area contributed by atoms with Crippen LogP contribution in [0.15, 0.2) is 30.3 Å². The fourth-order valence-corrected chi connectivity index (χ4v) is 2.49. The van der Waals surface area contributed by atoms with Gasteiger partial charge in [-0.2, -0.15) is 0 Å². The SMILES string of the molecule is Cc1ccc(OCc2ccc(C(=O)O)s2)c(Cl)c1. The highest BCUT2D eigenvalue weighted by Gasteiger charge is 2.08. The fraction of sp³-hybridized carbons (Fsp3) is 0.154. The number of carboxylic acid groups (broad SMARTS) is 1. The van der Waals surface area contributed by atoms with Gasteiger partial charge in [0.15, 0.2) is 0 Å². The summed E-state index contributed by atoms with van der Waals surface area (Å²) in [6, 6.07) is 8.87. The van der Waals surface area contributed by atoms with Crippen LogP contribution in [0.3, 0.4) is 0 Å². The number of thiophene rings is 1. The molecule has 94 valence electrons. The van der Waals surface area contributed by atoms with E-state index in [9.17, 15) is 4.79 Å². The molecule has 0 radical (unpaired) electrons. The lowest BCUT2D eigenvalue weighted by atomic mass is 10.2. The summed E-state index contributed by atoms with van der Waals surface area (Å²) >= 11 is 7.24. The third-order valence-electron chi connectivity index (χ3n) is 2.33. The molecular weight excluding hydrogens is 272 g/mol. The zero-order chi connectivity index (χ0) is 13.1. The van der Waals surface area contributed by atoms with E-state index >= 15 is 0 Å². The van der Waals surface area contributed by atoms with Crippen molar-refractivity contribution in [3.05, 3.63) is 50.7 Å². The molecule has 0 aliphatic rings. The molecule has 18 heavy (non-hydrogen) atoms. The number of aromatic carboxylic acids is 1. The predicted octanol–water partition coefficient (Wildman–Crippen LogP) is 3.99. The molecule has 1 aromatic carbocycles. The van der Waals surface area contributed by atoms with Crippen molar-refractivity contribution in [3.8, 4) is 5.75 Å². The molecule has 2 aromatic rings. The van der Waals surface area contributed by atoms with E-state index in [-0.39, 0.29) is 0 Å². The molecule has 0 bridgehead atoms. The minimum Gasteiger partial charge on any atom is -0.487 e. The minimum atomic E-state index is -0.917. The first-order valence-electron chi connectivity index (χ1n) is 5.27. The number of ether oxygens (including phenoxy) is 1. The Hall–Kier alpha value is -1.52. The van der Waals surface area contributed by atoms with Crippen LogP contribution in [0, 0.1) is 6.92 Å². The van der Waals surface area contributed by atoms with Gasteiger partial charge in [-0.3, -0.25) is 0 Å². The third-order valence-corrected chi connectivity index (χ3v) is 3.67. The van der Waals surface area contributed by atoms with Crippen LogP contribution < -0.4 is 4.74 Å². The van der Waals surface area contributed by atoms with Crippen LogP contribution in [0.5, 0.6) is 5.75 Å². The van der Waals surface area contributed by atoms with Crippen LogP contribution in [0.2, 0.25) is 5.02 Å². The first-order valence-corrected chi connectivity index (χ1v) is 6.46. The van der Waals surface area contributed by atoms with Crippen molar-refractivity contribution in [2.24, 2.45) is 0 Å². The number of aryl methyl sites for hydroxylation is 1. The Morgan fingerprint density at radius 1 is 1.39 bits per heavy atom. The molecule has 0 aliphatic heterocycles. The lowest BCUT2D eigenvalue weighted by Gasteiger charge is -2.07. The highest BCUT2D eigenvalue weighted by molar-refractivity contribution is 7.13. The summed E-state index contributed by atoms with van der Waals surface area (Å²) < 4.78 is 5.56. The molecule has 0 atom stereocenters. The van der Waals surface area contributed by atoms with Crippen molar-refractivity contribution in [2.75, 3.05) is 0 Å². The zero-order valence-electron chi connectivity index (χ0n) is 9.64. The first-order chi connectivity index (χ1) is 8.56. The maximum atomic E-state index is 10.7. The Morgan fingerprint density at radius 2 is 2.17 bits per heavy atom. The van der Waals surface area contributed by atoms with E-state index in [1.54, 1.807) is 12.1 Å². The summed E-state index contributed by atoms with van der Waals surface area (Å²) in [4.78, 5) is 11.9. The summed E-state index contributed by atoms with van der Waals surface area (Å²) in [6.07, 6.45) is 0. The first kappa shape index (κ1) is 12.9. The summed E-state index contributed by atoms with van der Waals surface area (Å²) in [5.41, 5.74) is 1.07. The Labute approximate surface area is 114 Å². The van der Waals surface area contributed by atoms with E-state index in [2.05, 4.69) is 0 Å². The van der Waals surface area contributed by atoms with Gasteiger partial charge in [-0.1, -0.05) is 17.7 Å². The van der Waals surface area contributed by atoms with Gasteiger partial charge in [-0.25, -0.2) is 4.79 Å². The monoisotopic (exact) mass is 282 g/mol. The summed E-state index contributed by atoms with van der Waals surface area (Å²) in [6.45, 7) is 2.27. The fourth-order valence-electron chi connectivity index (χ4n) is 1.44. The van der Waals surface area contributed by atoms with Gasteiger partial charge in [-0.15, -0.1) is 11.3 Å². The van der Waals surface area contributed by atoms with Gasteiger partial charge in [0.05, 0.1) is 5.02 Å². The molecule has 2 rings (SSSR count). The van der Waals surface area contributed by atoms with Crippen molar-refractivity contribution in [3.63, 3.8) is 0 Å². The zero-order valence-corrected chi connectivity index (χ0v) is 11.2. The Morgan fingerprint density at radius 3 is 2.78 bits per heavy atom. The number of benzene rings is 1. The molecular formula is C13H11ClO3S. The van der Waals surface area contributed by atoms with Crippen LogP contribution >= 0.6 is 22.9 Å². The maximum Gasteiger partial charge on any atom is 0.345 e. The molecule has 1 aromatic heterocycles. The molecule has 0 spiro atoms. The van der Waals surface area contributed by atoms with Gasteiger partial charge in [0.2, 0.25) is 0 Å². The maximum absolute atomic E-state index is 10.7. The van der Waals surface area contributed by atoms with Crippen molar-refractivity contribution >= 4 is 28.9 Å². The Kier molecular flexibility index (Phi) is 3.89. The van der Waals surface area contributed by atoms with Gasteiger partial charge < -0.3 is 9.84 Å². The number of hydrogen-bond donors (Lipinski definition) is 1. The Balaban J connectivity index is 2.04. The standard InChI is InChI=1S/C13H11ClO3S/c1-8-2-4-11(10(14)6-8)17-7-9-3-5-12(18-9)13(15)16/h2-6H,7H2,1H3,(H,15,16). The molecule has 0 amide bonds. The van der Waals surface area contributed by atoms with E-state index in [0.29, 0.717) is 22.3 Å². The van der Waals surface area contributed by atoms with Gasteiger partial charge >= 0.3 is 5.97 Å². The van der Waals surface area contributed by atoms with Crippen molar-refractivity contribution in [1.82, 2.24) is 0 Å². The number of hydrogen-bond acceptors (Lipinski definition) is 3.